The van der Waals surface area contributed by atoms with Gasteiger partial charge in [0.1, 0.15) is 18.5 Å². The third-order valence-electron chi connectivity index (χ3n) is 5.47. The molecule has 1 aromatic heterocycles. The molecule has 6 nitrogen and oxygen atoms in total. The lowest BCUT2D eigenvalue weighted by Crippen LogP contribution is -2.16. The van der Waals surface area contributed by atoms with Crippen LogP contribution in [0.2, 0.25) is 0 Å². The Balaban J connectivity index is 1.52. The molecule has 0 N–H and O–H groups in total. The Labute approximate surface area is 186 Å². The second-order valence-corrected chi connectivity index (χ2v) is 7.66. The largest absolute Gasteiger partial charge is 0.463 e. The van der Waals surface area contributed by atoms with Gasteiger partial charge >= 0.3 is 5.97 Å². The van der Waals surface area contributed by atoms with Gasteiger partial charge in [0, 0.05) is 11.1 Å². The normalized spacial score (nSPS) is 14.7. The molecular formula is C26H22N4O2. The summed E-state index contributed by atoms with van der Waals surface area (Å²) >= 11 is 0. The van der Waals surface area contributed by atoms with Gasteiger partial charge in [-0.05, 0) is 18.6 Å². The molecule has 0 amide bonds. The summed E-state index contributed by atoms with van der Waals surface area (Å²) in [6, 6.07) is 27.2. The summed E-state index contributed by atoms with van der Waals surface area (Å²) in [5, 5.41) is 8.69. The Morgan fingerprint density at radius 2 is 1.59 bits per heavy atom. The molecular weight excluding hydrogens is 400 g/mol. The maximum Gasteiger partial charge on any atom is 0.310 e. The number of carbonyl (C=O) groups is 1. The fourth-order valence-electron chi connectivity index (χ4n) is 3.97. The van der Waals surface area contributed by atoms with Crippen molar-refractivity contribution in [1.82, 2.24) is 14.8 Å². The first-order chi connectivity index (χ1) is 15.7. The lowest BCUT2D eigenvalue weighted by Gasteiger charge is -2.13. The molecule has 1 aliphatic rings. The Kier molecular flexibility index (Phi) is 5.34. The number of benzene rings is 3. The summed E-state index contributed by atoms with van der Waals surface area (Å²) in [6.45, 7) is 2.01. The Morgan fingerprint density at radius 3 is 2.38 bits per heavy atom. The Morgan fingerprint density at radius 1 is 0.906 bits per heavy atom. The fourth-order valence-corrected chi connectivity index (χ4v) is 3.97. The van der Waals surface area contributed by atoms with E-state index in [4.69, 9.17) is 9.73 Å². The number of esters is 1. The highest BCUT2D eigenvalue weighted by atomic mass is 16.5. The zero-order valence-electron chi connectivity index (χ0n) is 17.7. The van der Waals surface area contributed by atoms with E-state index in [0.717, 1.165) is 33.9 Å². The van der Waals surface area contributed by atoms with Crippen molar-refractivity contribution in [3.8, 4) is 5.69 Å². The molecule has 6 heteroatoms. The standard InChI is InChI=1S/C26H22N4O2/c1-18-28-29-26-22(17-32-24(31)16-19-10-4-2-5-11-19)27-25(20-12-6-3-7-13-20)21-14-8-9-15-23(21)30(18)26/h2-15,22H,16-17H2,1H3. The van der Waals surface area contributed by atoms with Crippen LogP contribution >= 0.6 is 0 Å². The Hall–Kier alpha value is -4.06. The summed E-state index contributed by atoms with van der Waals surface area (Å²) in [5.41, 5.74) is 4.71. The van der Waals surface area contributed by atoms with Crippen LogP contribution in [0.4, 0.5) is 0 Å². The van der Waals surface area contributed by atoms with Crippen LogP contribution in [0.1, 0.15) is 34.4 Å². The van der Waals surface area contributed by atoms with Crippen molar-refractivity contribution in [1.29, 1.82) is 0 Å². The van der Waals surface area contributed by atoms with E-state index in [0.29, 0.717) is 5.82 Å². The van der Waals surface area contributed by atoms with Gasteiger partial charge in [-0.1, -0.05) is 78.9 Å². The van der Waals surface area contributed by atoms with Crippen LogP contribution in [0, 0.1) is 6.92 Å². The molecule has 0 saturated carbocycles. The van der Waals surface area contributed by atoms with E-state index in [-0.39, 0.29) is 19.0 Å². The lowest BCUT2D eigenvalue weighted by molar-refractivity contribution is -0.143. The van der Waals surface area contributed by atoms with Crippen LogP contribution in [0.25, 0.3) is 5.69 Å². The van der Waals surface area contributed by atoms with Gasteiger partial charge in [0.25, 0.3) is 0 Å². The molecule has 3 aromatic carbocycles. The molecule has 0 spiro atoms. The first-order valence-electron chi connectivity index (χ1n) is 10.5. The third kappa shape index (κ3) is 3.83. The van der Waals surface area contributed by atoms with Crippen LogP contribution < -0.4 is 0 Å². The zero-order chi connectivity index (χ0) is 21.9. The van der Waals surface area contributed by atoms with Crippen LogP contribution in [0.5, 0.6) is 0 Å². The van der Waals surface area contributed by atoms with E-state index in [2.05, 4.69) is 10.2 Å². The smallest absolute Gasteiger partial charge is 0.310 e. The average Bonchev–Trinajstić information content (AvgIpc) is 3.14. The number of hydrogen-bond acceptors (Lipinski definition) is 5. The van der Waals surface area contributed by atoms with Crippen molar-refractivity contribution in [2.75, 3.05) is 6.61 Å². The number of carbonyl (C=O) groups excluding carboxylic acids is 1. The fraction of sp³-hybridized carbons (Fsp3) is 0.154. The van der Waals surface area contributed by atoms with Crippen LogP contribution in [0.3, 0.4) is 0 Å². The van der Waals surface area contributed by atoms with Crippen LogP contribution in [0.15, 0.2) is 89.9 Å². The summed E-state index contributed by atoms with van der Waals surface area (Å²) in [4.78, 5) is 17.6. The highest BCUT2D eigenvalue weighted by Crippen LogP contribution is 2.31. The molecule has 0 bridgehead atoms. The van der Waals surface area contributed by atoms with E-state index < -0.39 is 6.04 Å². The number of aryl methyl sites for hydroxylation is 1. The van der Waals surface area contributed by atoms with Gasteiger partial charge in [-0.15, -0.1) is 10.2 Å². The van der Waals surface area contributed by atoms with Gasteiger partial charge in [0.2, 0.25) is 0 Å². The summed E-state index contributed by atoms with van der Waals surface area (Å²) in [6.07, 6.45) is 0.217. The van der Waals surface area contributed by atoms with Crippen molar-refractivity contribution < 1.29 is 9.53 Å². The van der Waals surface area contributed by atoms with Gasteiger partial charge in [0.05, 0.1) is 17.8 Å². The minimum absolute atomic E-state index is 0.0914. The highest BCUT2D eigenvalue weighted by molar-refractivity contribution is 6.15. The van der Waals surface area contributed by atoms with Crippen molar-refractivity contribution in [3.63, 3.8) is 0 Å². The van der Waals surface area contributed by atoms with E-state index in [9.17, 15) is 4.79 Å². The summed E-state index contributed by atoms with van der Waals surface area (Å²) in [5.74, 6) is 1.13. The molecule has 0 fully saturated rings. The number of nitrogens with zero attached hydrogens (tertiary/aromatic N) is 4. The number of aliphatic imine (C=N–C) groups is 1. The average molecular weight is 422 g/mol. The van der Waals surface area contributed by atoms with Crippen molar-refractivity contribution in [3.05, 3.63) is 113 Å². The Bertz CT molecular complexity index is 1280. The molecule has 1 unspecified atom stereocenters. The molecule has 2 heterocycles. The van der Waals surface area contributed by atoms with Crippen molar-refractivity contribution >= 4 is 11.7 Å². The molecule has 4 aromatic rings. The van der Waals surface area contributed by atoms with Crippen molar-refractivity contribution in [2.24, 2.45) is 4.99 Å². The minimum atomic E-state index is -0.474. The third-order valence-corrected chi connectivity index (χ3v) is 5.47. The quantitative estimate of drug-likeness (QED) is 0.451. The van der Waals surface area contributed by atoms with Crippen LogP contribution in [-0.2, 0) is 16.0 Å². The van der Waals surface area contributed by atoms with E-state index in [1.807, 2.05) is 96.4 Å². The molecule has 1 atom stereocenters. The van der Waals surface area contributed by atoms with E-state index in [1.54, 1.807) is 0 Å². The van der Waals surface area contributed by atoms with E-state index in [1.165, 1.54) is 0 Å². The predicted molar refractivity (Wildman–Crippen MR) is 122 cm³/mol. The molecule has 5 rings (SSSR count). The number of ether oxygens (including phenoxy) is 1. The summed E-state index contributed by atoms with van der Waals surface area (Å²) in [7, 11) is 0. The molecule has 32 heavy (non-hydrogen) atoms. The number of para-hydroxylation sites is 1. The second-order valence-electron chi connectivity index (χ2n) is 7.66. The number of aromatic nitrogens is 3. The van der Waals surface area contributed by atoms with Crippen LogP contribution in [-0.4, -0.2) is 33.1 Å². The minimum Gasteiger partial charge on any atom is -0.463 e. The van der Waals surface area contributed by atoms with Gasteiger partial charge in [0.15, 0.2) is 5.82 Å². The maximum absolute atomic E-state index is 12.5. The molecule has 1 aliphatic heterocycles. The summed E-state index contributed by atoms with van der Waals surface area (Å²) < 4.78 is 7.67. The number of rotatable bonds is 5. The predicted octanol–water partition coefficient (Wildman–Crippen LogP) is 4.25. The lowest BCUT2D eigenvalue weighted by atomic mass is 10.0. The van der Waals surface area contributed by atoms with E-state index >= 15 is 0 Å². The topological polar surface area (TPSA) is 69.4 Å². The second kappa shape index (κ2) is 8.59. The molecule has 158 valence electrons. The maximum atomic E-state index is 12.5. The van der Waals surface area contributed by atoms with Crippen molar-refractivity contribution in [2.45, 2.75) is 19.4 Å². The zero-order valence-corrected chi connectivity index (χ0v) is 17.7. The number of fused-ring (bicyclic) bond motifs is 3. The first kappa shape index (κ1) is 19.9. The number of hydrogen-bond donors (Lipinski definition) is 0. The van der Waals surface area contributed by atoms with Gasteiger partial charge in [-0.3, -0.25) is 14.4 Å². The first-order valence-corrected chi connectivity index (χ1v) is 10.5. The SMILES string of the molecule is Cc1nnc2n1-c1ccccc1C(c1ccccc1)=NC2COC(=O)Cc1ccccc1. The van der Waals surface area contributed by atoms with Gasteiger partial charge in [-0.2, -0.15) is 0 Å². The van der Waals surface area contributed by atoms with Gasteiger partial charge < -0.3 is 4.74 Å². The monoisotopic (exact) mass is 422 g/mol. The highest BCUT2D eigenvalue weighted by Gasteiger charge is 2.28. The molecule has 0 radical (unpaired) electrons. The van der Waals surface area contributed by atoms with Gasteiger partial charge in [-0.25, -0.2) is 0 Å². The molecule has 0 saturated heterocycles. The molecule has 0 aliphatic carbocycles.